The van der Waals surface area contributed by atoms with Crippen LogP contribution < -0.4 is 10.1 Å². The van der Waals surface area contributed by atoms with E-state index in [0.717, 1.165) is 18.9 Å². The molecule has 2 saturated heterocycles. The van der Waals surface area contributed by atoms with Crippen molar-refractivity contribution in [3.8, 4) is 5.75 Å². The molecule has 3 unspecified atom stereocenters. The van der Waals surface area contributed by atoms with Crippen molar-refractivity contribution in [1.29, 1.82) is 0 Å². The van der Waals surface area contributed by atoms with E-state index in [-0.39, 0.29) is 12.2 Å². The van der Waals surface area contributed by atoms with Crippen molar-refractivity contribution in [3.05, 3.63) is 66.2 Å². The van der Waals surface area contributed by atoms with Gasteiger partial charge in [0.2, 0.25) is 0 Å². The predicted octanol–water partition coefficient (Wildman–Crippen LogP) is 2.92. The van der Waals surface area contributed by atoms with Gasteiger partial charge < -0.3 is 19.9 Å². The summed E-state index contributed by atoms with van der Waals surface area (Å²) in [5.41, 5.74) is 1.28. The van der Waals surface area contributed by atoms with Crippen molar-refractivity contribution in [2.75, 3.05) is 20.3 Å². The van der Waals surface area contributed by atoms with Gasteiger partial charge in [0.05, 0.1) is 12.8 Å². The maximum absolute atomic E-state index is 10.9. The van der Waals surface area contributed by atoms with Gasteiger partial charge in [-0.3, -0.25) is 9.69 Å². The van der Waals surface area contributed by atoms with Crippen LogP contribution in [0.3, 0.4) is 0 Å². The van der Waals surface area contributed by atoms with Crippen molar-refractivity contribution in [2.45, 2.75) is 37.6 Å². The number of rotatable bonds is 4. The highest BCUT2D eigenvalue weighted by molar-refractivity contribution is 5.74. The van der Waals surface area contributed by atoms with E-state index in [1.165, 1.54) is 5.56 Å². The van der Waals surface area contributed by atoms with E-state index in [1.807, 2.05) is 36.4 Å². The minimum Gasteiger partial charge on any atom is -0.488 e. The molecule has 2 aliphatic heterocycles. The first-order valence-corrected chi connectivity index (χ1v) is 9.61. The van der Waals surface area contributed by atoms with Gasteiger partial charge in [-0.1, -0.05) is 48.5 Å². The van der Waals surface area contributed by atoms with Crippen LogP contribution in [0.4, 0.5) is 0 Å². The zero-order valence-electron chi connectivity index (χ0n) is 16.3. The number of hydrogen-bond donors (Lipinski definition) is 2. The zero-order chi connectivity index (χ0) is 19.9. The average molecular weight is 384 g/mol. The fraction of sp³-hybridized carbons (Fsp3) is 0.409. The fourth-order valence-electron chi connectivity index (χ4n) is 3.43. The summed E-state index contributed by atoms with van der Waals surface area (Å²) in [4.78, 5) is 13.1. The quantitative estimate of drug-likeness (QED) is 0.845. The third-order valence-electron chi connectivity index (χ3n) is 5.18. The maximum atomic E-state index is 10.9. The van der Waals surface area contributed by atoms with E-state index in [9.17, 15) is 4.79 Å². The van der Waals surface area contributed by atoms with Crippen LogP contribution in [0.2, 0.25) is 0 Å². The van der Waals surface area contributed by atoms with Gasteiger partial charge in [-0.05, 0) is 44.6 Å². The topological polar surface area (TPSA) is 71.0 Å². The lowest BCUT2D eigenvalue weighted by molar-refractivity contribution is -0.140. The molecule has 0 aliphatic carbocycles. The molecular weight excluding hydrogens is 356 g/mol. The van der Waals surface area contributed by atoms with Crippen molar-refractivity contribution >= 4 is 5.97 Å². The summed E-state index contributed by atoms with van der Waals surface area (Å²) >= 11 is 0. The molecule has 4 rings (SSSR count). The fourth-order valence-corrected chi connectivity index (χ4v) is 3.43. The monoisotopic (exact) mass is 384 g/mol. The van der Waals surface area contributed by atoms with E-state index in [0.29, 0.717) is 12.6 Å². The van der Waals surface area contributed by atoms with Gasteiger partial charge in [0.25, 0.3) is 0 Å². The van der Waals surface area contributed by atoms with Crippen molar-refractivity contribution < 1.29 is 19.4 Å². The Labute approximate surface area is 166 Å². The van der Waals surface area contributed by atoms with Crippen LogP contribution in [0.1, 0.15) is 25.0 Å². The Hall–Kier alpha value is -2.41. The number of carboxylic acid groups (broad SMARTS) is 1. The SMILES string of the molecule is CC1C(c2ccccc2)OCN1C.O=C(O)[C@H]1NCCC1Oc1ccccc1. The van der Waals surface area contributed by atoms with E-state index in [1.54, 1.807) is 0 Å². The second kappa shape index (κ2) is 9.68. The summed E-state index contributed by atoms with van der Waals surface area (Å²) in [5, 5.41) is 11.8. The molecule has 6 nitrogen and oxygen atoms in total. The normalized spacial score (nSPS) is 27.1. The molecule has 28 heavy (non-hydrogen) atoms. The molecule has 0 spiro atoms. The number of nitrogens with zero attached hydrogens (tertiary/aromatic N) is 1. The zero-order valence-corrected chi connectivity index (χ0v) is 16.3. The Balaban J connectivity index is 0.000000162. The van der Waals surface area contributed by atoms with Crippen LogP contribution in [0.25, 0.3) is 0 Å². The van der Waals surface area contributed by atoms with E-state index < -0.39 is 12.0 Å². The molecule has 2 aliphatic rings. The molecule has 0 amide bonds. The molecule has 2 N–H and O–H groups in total. The number of benzene rings is 2. The molecule has 0 radical (unpaired) electrons. The first kappa shape index (κ1) is 20.3. The standard InChI is InChI=1S/C11H13NO3.C11H15NO/c13-11(14)10-9(6-7-12-10)15-8-4-2-1-3-5-8;1-9-11(13-8-12(9)2)10-6-4-3-5-7-10/h1-5,9-10,12H,6-7H2,(H,13,14);3-7,9,11H,8H2,1-2H3/t9?,10-;/m0./s1. The number of nitrogens with one attached hydrogen (secondary N) is 1. The number of hydrogen-bond acceptors (Lipinski definition) is 5. The maximum Gasteiger partial charge on any atom is 0.324 e. The minimum atomic E-state index is -0.853. The minimum absolute atomic E-state index is 0.242. The van der Waals surface area contributed by atoms with Gasteiger partial charge in [0.1, 0.15) is 17.9 Å². The molecule has 2 aromatic rings. The lowest BCUT2D eigenvalue weighted by atomic mass is 10.0. The average Bonchev–Trinajstić information content (AvgIpc) is 3.31. The third-order valence-corrected chi connectivity index (χ3v) is 5.18. The Morgan fingerprint density at radius 3 is 2.36 bits per heavy atom. The molecule has 0 aromatic heterocycles. The predicted molar refractivity (Wildman–Crippen MR) is 107 cm³/mol. The Morgan fingerprint density at radius 2 is 1.79 bits per heavy atom. The second-order valence-corrected chi connectivity index (χ2v) is 7.15. The van der Waals surface area contributed by atoms with Crippen LogP contribution in [0.5, 0.6) is 5.75 Å². The van der Waals surface area contributed by atoms with Gasteiger partial charge >= 0.3 is 5.97 Å². The molecule has 150 valence electrons. The van der Waals surface area contributed by atoms with Crippen LogP contribution >= 0.6 is 0 Å². The summed E-state index contributed by atoms with van der Waals surface area (Å²) in [7, 11) is 2.09. The number of likely N-dealkylation sites (N-methyl/N-ethyl adjacent to an activating group) is 1. The van der Waals surface area contributed by atoms with Gasteiger partial charge in [0, 0.05) is 6.04 Å². The second-order valence-electron chi connectivity index (χ2n) is 7.15. The summed E-state index contributed by atoms with van der Waals surface area (Å²) in [5.74, 6) is -0.133. The number of carboxylic acids is 1. The van der Waals surface area contributed by atoms with Crippen LogP contribution in [-0.2, 0) is 9.53 Å². The molecule has 2 aromatic carbocycles. The number of aliphatic carboxylic acids is 1. The molecule has 6 heteroatoms. The smallest absolute Gasteiger partial charge is 0.324 e. The molecule has 0 saturated carbocycles. The highest BCUT2D eigenvalue weighted by atomic mass is 16.5. The highest BCUT2D eigenvalue weighted by Crippen LogP contribution is 2.29. The van der Waals surface area contributed by atoms with Crippen molar-refractivity contribution in [1.82, 2.24) is 10.2 Å². The first-order chi connectivity index (χ1) is 13.6. The van der Waals surface area contributed by atoms with Gasteiger partial charge in [-0.15, -0.1) is 0 Å². The molecule has 0 bridgehead atoms. The lowest BCUT2D eigenvalue weighted by Gasteiger charge is -2.17. The van der Waals surface area contributed by atoms with Crippen molar-refractivity contribution in [2.24, 2.45) is 0 Å². The molecule has 2 fully saturated rings. The van der Waals surface area contributed by atoms with Crippen LogP contribution in [0, 0.1) is 0 Å². The summed E-state index contributed by atoms with van der Waals surface area (Å²) in [6.07, 6.45) is 0.697. The Kier molecular flexibility index (Phi) is 7.03. The number of para-hydroxylation sites is 1. The van der Waals surface area contributed by atoms with Crippen molar-refractivity contribution in [3.63, 3.8) is 0 Å². The lowest BCUT2D eigenvalue weighted by Crippen LogP contribution is -2.41. The molecule has 2 heterocycles. The van der Waals surface area contributed by atoms with E-state index in [2.05, 4.69) is 48.5 Å². The summed E-state index contributed by atoms with van der Waals surface area (Å²) in [6, 6.07) is 19.6. The number of carbonyl (C=O) groups is 1. The van der Waals surface area contributed by atoms with Crippen LogP contribution in [-0.4, -0.2) is 54.5 Å². The summed E-state index contributed by atoms with van der Waals surface area (Å²) < 4.78 is 11.3. The number of ether oxygens (including phenoxy) is 2. The molecular formula is C22H28N2O4. The first-order valence-electron chi connectivity index (χ1n) is 9.61. The summed E-state index contributed by atoms with van der Waals surface area (Å²) in [6.45, 7) is 3.62. The Bertz CT molecular complexity index is 741. The van der Waals surface area contributed by atoms with Gasteiger partial charge in [0.15, 0.2) is 0 Å². The third kappa shape index (κ3) is 5.10. The van der Waals surface area contributed by atoms with Gasteiger partial charge in [-0.2, -0.15) is 0 Å². The Morgan fingerprint density at radius 1 is 1.14 bits per heavy atom. The van der Waals surface area contributed by atoms with E-state index >= 15 is 0 Å². The van der Waals surface area contributed by atoms with E-state index in [4.69, 9.17) is 14.6 Å². The van der Waals surface area contributed by atoms with Gasteiger partial charge in [-0.25, -0.2) is 0 Å². The largest absolute Gasteiger partial charge is 0.488 e. The highest BCUT2D eigenvalue weighted by Gasteiger charge is 2.34. The van der Waals surface area contributed by atoms with Crippen LogP contribution in [0.15, 0.2) is 60.7 Å². The molecule has 4 atom stereocenters.